The fraction of sp³-hybridized carbons (Fsp3) is 0.500. The number of nitrogens with one attached hydrogen (secondary N) is 1. The molecule has 100 valence electrons. The van der Waals surface area contributed by atoms with Gasteiger partial charge in [-0.05, 0) is 31.7 Å². The largest absolute Gasteiger partial charge is 0.416 e. The molecule has 0 aromatic heterocycles. The summed E-state index contributed by atoms with van der Waals surface area (Å²) in [6.07, 6.45) is -3.64. The lowest BCUT2D eigenvalue weighted by Gasteiger charge is -2.20. The summed E-state index contributed by atoms with van der Waals surface area (Å²) in [5, 5.41) is 3.07. The monoisotopic (exact) mass is 262 g/mol. The second-order valence-corrected chi connectivity index (χ2v) is 4.38. The van der Waals surface area contributed by atoms with Crippen LogP contribution in [0.3, 0.4) is 0 Å². The molecule has 1 N–H and O–H groups in total. The van der Waals surface area contributed by atoms with Crippen molar-refractivity contribution in [1.29, 1.82) is 0 Å². The van der Waals surface area contributed by atoms with Gasteiger partial charge in [0.2, 0.25) is 0 Å². The summed E-state index contributed by atoms with van der Waals surface area (Å²) < 4.78 is 50.9. The fourth-order valence-corrected chi connectivity index (χ4v) is 2.15. The summed E-state index contributed by atoms with van der Waals surface area (Å²) in [6, 6.07) is 2.94. The minimum atomic E-state index is -4.50. The van der Waals surface area contributed by atoms with Crippen molar-refractivity contribution in [2.75, 3.05) is 25.0 Å². The highest BCUT2D eigenvalue weighted by molar-refractivity contribution is 5.50. The predicted molar refractivity (Wildman–Crippen MR) is 61.1 cm³/mol. The first-order valence-electron chi connectivity index (χ1n) is 5.71. The highest BCUT2D eigenvalue weighted by atomic mass is 19.4. The molecular weight excluding hydrogens is 248 g/mol. The third kappa shape index (κ3) is 2.58. The number of likely N-dealkylation sites (N-methyl/N-ethyl adjacent to an activating group) is 1. The van der Waals surface area contributed by atoms with E-state index in [1.54, 1.807) is 4.90 Å². The Labute approximate surface area is 103 Å². The molecule has 6 heteroatoms. The van der Waals surface area contributed by atoms with Gasteiger partial charge >= 0.3 is 6.18 Å². The number of nitrogens with zero attached hydrogens (tertiary/aromatic N) is 1. The van der Waals surface area contributed by atoms with E-state index in [1.165, 1.54) is 6.07 Å². The first kappa shape index (κ1) is 13.1. The molecular formula is C12H14F4N2. The average Bonchev–Trinajstić information content (AvgIpc) is 2.76. The SMILES string of the molecule is CNC1CCN(c2ccc(C(F)(F)F)cc2F)C1. The van der Waals surface area contributed by atoms with E-state index in [0.29, 0.717) is 19.2 Å². The zero-order valence-electron chi connectivity index (χ0n) is 9.89. The molecule has 0 amide bonds. The van der Waals surface area contributed by atoms with Gasteiger partial charge < -0.3 is 10.2 Å². The molecule has 1 aliphatic heterocycles. The average molecular weight is 262 g/mol. The van der Waals surface area contributed by atoms with Crippen LogP contribution < -0.4 is 10.2 Å². The number of alkyl halides is 3. The fourth-order valence-electron chi connectivity index (χ4n) is 2.15. The molecule has 1 saturated heterocycles. The highest BCUT2D eigenvalue weighted by Crippen LogP contribution is 2.33. The van der Waals surface area contributed by atoms with Crippen LogP contribution in [-0.4, -0.2) is 26.2 Å². The van der Waals surface area contributed by atoms with Crippen LogP contribution in [0.5, 0.6) is 0 Å². The summed E-state index contributed by atoms with van der Waals surface area (Å²) >= 11 is 0. The van der Waals surface area contributed by atoms with Gasteiger partial charge in [0.15, 0.2) is 0 Å². The molecule has 0 bridgehead atoms. The number of benzene rings is 1. The van der Waals surface area contributed by atoms with E-state index in [9.17, 15) is 17.6 Å². The Morgan fingerprint density at radius 1 is 1.33 bits per heavy atom. The zero-order valence-corrected chi connectivity index (χ0v) is 9.89. The quantitative estimate of drug-likeness (QED) is 0.824. The Morgan fingerprint density at radius 2 is 2.06 bits per heavy atom. The van der Waals surface area contributed by atoms with Crippen molar-refractivity contribution in [3.8, 4) is 0 Å². The molecule has 1 fully saturated rings. The number of hydrogen-bond acceptors (Lipinski definition) is 2. The standard InChI is InChI=1S/C12H14F4N2/c1-17-9-4-5-18(7-9)11-3-2-8(6-10(11)13)12(14,15)16/h2-3,6,9,17H,4-5,7H2,1H3. The molecule has 1 heterocycles. The van der Waals surface area contributed by atoms with Crippen LogP contribution in [0, 0.1) is 5.82 Å². The first-order chi connectivity index (χ1) is 8.41. The number of hydrogen-bond donors (Lipinski definition) is 1. The van der Waals surface area contributed by atoms with Crippen molar-refractivity contribution in [3.05, 3.63) is 29.6 Å². The van der Waals surface area contributed by atoms with Gasteiger partial charge in [0.1, 0.15) is 5.82 Å². The lowest BCUT2D eigenvalue weighted by Crippen LogP contribution is -2.29. The second-order valence-electron chi connectivity index (χ2n) is 4.38. The number of rotatable bonds is 2. The second kappa shape index (κ2) is 4.76. The van der Waals surface area contributed by atoms with Gasteiger partial charge in [0.25, 0.3) is 0 Å². The van der Waals surface area contributed by atoms with E-state index in [4.69, 9.17) is 0 Å². The van der Waals surface area contributed by atoms with Crippen LogP contribution in [0.15, 0.2) is 18.2 Å². The molecule has 1 atom stereocenters. The zero-order chi connectivity index (χ0) is 13.3. The van der Waals surface area contributed by atoms with Crippen LogP contribution in [0.25, 0.3) is 0 Å². The maximum atomic E-state index is 13.7. The molecule has 2 rings (SSSR count). The normalized spacial score (nSPS) is 20.5. The Bertz CT molecular complexity index is 431. The Balaban J connectivity index is 2.21. The van der Waals surface area contributed by atoms with Gasteiger partial charge in [-0.2, -0.15) is 13.2 Å². The van der Waals surface area contributed by atoms with Crippen molar-refractivity contribution >= 4 is 5.69 Å². The van der Waals surface area contributed by atoms with Crippen molar-refractivity contribution in [2.24, 2.45) is 0 Å². The van der Waals surface area contributed by atoms with E-state index in [0.717, 1.165) is 12.5 Å². The van der Waals surface area contributed by atoms with E-state index in [1.807, 2.05) is 7.05 Å². The topological polar surface area (TPSA) is 15.3 Å². The third-order valence-electron chi connectivity index (χ3n) is 3.21. The molecule has 18 heavy (non-hydrogen) atoms. The van der Waals surface area contributed by atoms with Crippen LogP contribution in [-0.2, 0) is 6.18 Å². The summed E-state index contributed by atoms with van der Waals surface area (Å²) in [4.78, 5) is 1.76. The van der Waals surface area contributed by atoms with Crippen LogP contribution in [0.2, 0.25) is 0 Å². The van der Waals surface area contributed by atoms with E-state index >= 15 is 0 Å². The van der Waals surface area contributed by atoms with Crippen molar-refractivity contribution < 1.29 is 17.6 Å². The molecule has 1 aliphatic rings. The van der Waals surface area contributed by atoms with Gasteiger partial charge in [-0.15, -0.1) is 0 Å². The van der Waals surface area contributed by atoms with Crippen LogP contribution >= 0.6 is 0 Å². The van der Waals surface area contributed by atoms with Gasteiger partial charge in [0.05, 0.1) is 11.3 Å². The minimum Gasteiger partial charge on any atom is -0.368 e. The van der Waals surface area contributed by atoms with Crippen molar-refractivity contribution in [3.63, 3.8) is 0 Å². The molecule has 1 aromatic carbocycles. The summed E-state index contributed by atoms with van der Waals surface area (Å²) in [6.45, 7) is 1.26. The molecule has 0 aliphatic carbocycles. The Kier molecular flexibility index (Phi) is 3.47. The van der Waals surface area contributed by atoms with E-state index in [-0.39, 0.29) is 11.7 Å². The van der Waals surface area contributed by atoms with Crippen molar-refractivity contribution in [1.82, 2.24) is 5.32 Å². The predicted octanol–water partition coefficient (Wildman–Crippen LogP) is 2.64. The Morgan fingerprint density at radius 3 is 2.56 bits per heavy atom. The third-order valence-corrected chi connectivity index (χ3v) is 3.21. The van der Waals surface area contributed by atoms with Crippen LogP contribution in [0.1, 0.15) is 12.0 Å². The van der Waals surface area contributed by atoms with Gasteiger partial charge in [-0.3, -0.25) is 0 Å². The molecule has 2 nitrogen and oxygen atoms in total. The molecule has 0 saturated carbocycles. The van der Waals surface area contributed by atoms with Crippen LogP contribution in [0.4, 0.5) is 23.2 Å². The molecule has 0 spiro atoms. The minimum absolute atomic E-state index is 0.237. The molecule has 1 aromatic rings. The molecule has 1 unspecified atom stereocenters. The molecule has 0 radical (unpaired) electrons. The lowest BCUT2D eigenvalue weighted by atomic mass is 10.2. The number of halogens is 4. The van der Waals surface area contributed by atoms with Gasteiger partial charge in [-0.1, -0.05) is 0 Å². The maximum absolute atomic E-state index is 13.7. The van der Waals surface area contributed by atoms with Gasteiger partial charge in [0, 0.05) is 19.1 Å². The smallest absolute Gasteiger partial charge is 0.368 e. The van der Waals surface area contributed by atoms with Crippen molar-refractivity contribution in [2.45, 2.75) is 18.6 Å². The maximum Gasteiger partial charge on any atom is 0.416 e. The lowest BCUT2D eigenvalue weighted by molar-refractivity contribution is -0.137. The van der Waals surface area contributed by atoms with E-state index in [2.05, 4.69) is 5.32 Å². The summed E-state index contributed by atoms with van der Waals surface area (Å²) in [5.74, 6) is -0.818. The van der Waals surface area contributed by atoms with Gasteiger partial charge in [-0.25, -0.2) is 4.39 Å². The number of anilines is 1. The summed E-state index contributed by atoms with van der Waals surface area (Å²) in [7, 11) is 1.82. The Hall–Kier alpha value is -1.30. The van der Waals surface area contributed by atoms with E-state index < -0.39 is 17.6 Å². The first-order valence-corrected chi connectivity index (χ1v) is 5.71. The summed E-state index contributed by atoms with van der Waals surface area (Å²) in [5.41, 5.74) is -0.714. The highest BCUT2D eigenvalue weighted by Gasteiger charge is 2.32.